The first-order valence-corrected chi connectivity index (χ1v) is 4.89. The van der Waals surface area contributed by atoms with Crippen LogP contribution in [-0.4, -0.2) is 12.1 Å². The van der Waals surface area contributed by atoms with Gasteiger partial charge < -0.3 is 4.74 Å². The molecule has 2 aliphatic rings. The molecule has 0 aromatic rings. The first kappa shape index (κ1) is 8.09. The quantitative estimate of drug-likeness (QED) is 0.517. The number of esters is 1. The molecule has 68 valence electrons. The number of rotatable bonds is 0. The molecule has 12 heavy (non-hydrogen) atoms. The summed E-state index contributed by atoms with van der Waals surface area (Å²) in [6, 6.07) is 0. The maximum Gasteiger partial charge on any atom is 0.309 e. The van der Waals surface area contributed by atoms with E-state index < -0.39 is 0 Å². The summed E-state index contributed by atoms with van der Waals surface area (Å²) in [6.45, 7) is 4.25. The first-order chi connectivity index (χ1) is 5.68. The molecule has 0 amide bonds. The van der Waals surface area contributed by atoms with Crippen LogP contribution in [0.1, 0.15) is 33.1 Å². The number of hydrogen-bond donors (Lipinski definition) is 0. The molecular formula is C10H16O2. The topological polar surface area (TPSA) is 26.3 Å². The predicted molar refractivity (Wildman–Crippen MR) is 45.5 cm³/mol. The van der Waals surface area contributed by atoms with Crippen molar-refractivity contribution in [2.24, 2.45) is 17.8 Å². The van der Waals surface area contributed by atoms with E-state index in [1.54, 1.807) is 0 Å². The fourth-order valence-electron chi connectivity index (χ4n) is 2.49. The maximum atomic E-state index is 11.2. The van der Waals surface area contributed by atoms with Crippen LogP contribution in [0.25, 0.3) is 0 Å². The lowest BCUT2D eigenvalue weighted by Crippen LogP contribution is -2.27. The van der Waals surface area contributed by atoms with Crippen LogP contribution in [0.3, 0.4) is 0 Å². The van der Waals surface area contributed by atoms with Gasteiger partial charge in [-0.1, -0.05) is 20.3 Å². The molecule has 1 aliphatic carbocycles. The molecule has 0 radical (unpaired) electrons. The molecule has 2 rings (SSSR count). The van der Waals surface area contributed by atoms with E-state index in [2.05, 4.69) is 6.92 Å². The number of carbonyl (C=O) groups is 1. The maximum absolute atomic E-state index is 11.2. The Hall–Kier alpha value is -0.530. The van der Waals surface area contributed by atoms with Gasteiger partial charge in [0.25, 0.3) is 0 Å². The van der Waals surface area contributed by atoms with E-state index in [4.69, 9.17) is 4.74 Å². The molecule has 0 aromatic carbocycles. The van der Waals surface area contributed by atoms with Gasteiger partial charge >= 0.3 is 5.97 Å². The Labute approximate surface area is 73.3 Å². The predicted octanol–water partition coefficient (Wildman–Crippen LogP) is 1.98. The van der Waals surface area contributed by atoms with Crippen LogP contribution in [-0.2, 0) is 9.53 Å². The van der Waals surface area contributed by atoms with E-state index in [1.807, 2.05) is 6.92 Å². The number of hydrogen-bond acceptors (Lipinski definition) is 2. The van der Waals surface area contributed by atoms with Crippen molar-refractivity contribution in [3.63, 3.8) is 0 Å². The largest absolute Gasteiger partial charge is 0.462 e. The number of fused-ring (bicyclic) bond motifs is 1. The molecule has 2 heteroatoms. The van der Waals surface area contributed by atoms with Crippen molar-refractivity contribution in [2.45, 2.75) is 39.2 Å². The standard InChI is InChI=1S/C10H16O2/c1-6-3-4-8-7(2)10(11)12-9(8)5-6/h6-9H,3-5H2,1-2H3/t6?,7?,8?,9-/m1/s1. The van der Waals surface area contributed by atoms with Crippen LogP contribution in [0, 0.1) is 17.8 Å². The summed E-state index contributed by atoms with van der Waals surface area (Å²) in [4.78, 5) is 11.2. The smallest absolute Gasteiger partial charge is 0.309 e. The Morgan fingerprint density at radius 3 is 2.83 bits per heavy atom. The van der Waals surface area contributed by atoms with E-state index in [0.29, 0.717) is 5.92 Å². The average molecular weight is 168 g/mol. The highest BCUT2D eigenvalue weighted by Gasteiger charge is 2.43. The highest BCUT2D eigenvalue weighted by molar-refractivity contribution is 5.74. The van der Waals surface area contributed by atoms with Gasteiger partial charge in [0.2, 0.25) is 0 Å². The third kappa shape index (κ3) is 1.13. The van der Waals surface area contributed by atoms with Crippen LogP contribution in [0.5, 0.6) is 0 Å². The second kappa shape index (κ2) is 2.75. The minimum absolute atomic E-state index is 0.0269. The van der Waals surface area contributed by atoms with Gasteiger partial charge in [0.05, 0.1) is 5.92 Å². The molecular weight excluding hydrogens is 152 g/mol. The van der Waals surface area contributed by atoms with Gasteiger partial charge in [-0.05, 0) is 18.8 Å². The summed E-state index contributed by atoms with van der Waals surface area (Å²) in [7, 11) is 0. The molecule has 3 unspecified atom stereocenters. The lowest BCUT2D eigenvalue weighted by atomic mass is 9.77. The summed E-state index contributed by atoms with van der Waals surface area (Å²) >= 11 is 0. The van der Waals surface area contributed by atoms with E-state index >= 15 is 0 Å². The zero-order chi connectivity index (χ0) is 8.72. The van der Waals surface area contributed by atoms with Crippen molar-refractivity contribution < 1.29 is 9.53 Å². The van der Waals surface area contributed by atoms with E-state index in [9.17, 15) is 4.79 Å². The van der Waals surface area contributed by atoms with Crippen LogP contribution >= 0.6 is 0 Å². The van der Waals surface area contributed by atoms with Crippen molar-refractivity contribution in [3.05, 3.63) is 0 Å². The normalized spacial score (nSPS) is 47.0. The minimum atomic E-state index is 0.0269. The van der Waals surface area contributed by atoms with Gasteiger partial charge in [0.1, 0.15) is 6.10 Å². The molecule has 4 atom stereocenters. The Morgan fingerprint density at radius 2 is 2.08 bits per heavy atom. The monoisotopic (exact) mass is 168 g/mol. The van der Waals surface area contributed by atoms with Crippen molar-refractivity contribution >= 4 is 5.97 Å². The van der Waals surface area contributed by atoms with Crippen LogP contribution in [0.15, 0.2) is 0 Å². The molecule has 1 saturated heterocycles. The number of carbonyl (C=O) groups excluding carboxylic acids is 1. The molecule has 1 aliphatic heterocycles. The van der Waals surface area contributed by atoms with Gasteiger partial charge in [-0.3, -0.25) is 4.79 Å². The van der Waals surface area contributed by atoms with Gasteiger partial charge in [0, 0.05) is 5.92 Å². The van der Waals surface area contributed by atoms with Crippen molar-refractivity contribution in [1.29, 1.82) is 0 Å². The summed E-state index contributed by atoms with van der Waals surface area (Å²) < 4.78 is 5.31. The molecule has 0 N–H and O–H groups in total. The molecule has 0 bridgehead atoms. The zero-order valence-electron chi connectivity index (χ0n) is 7.75. The SMILES string of the molecule is CC1CCC2C(C)C(=O)O[C@@H]2C1. The summed E-state index contributed by atoms with van der Waals surface area (Å²) in [6.07, 6.45) is 3.78. The molecule has 2 fully saturated rings. The lowest BCUT2D eigenvalue weighted by molar-refractivity contribution is -0.144. The van der Waals surface area contributed by atoms with E-state index in [1.165, 1.54) is 12.8 Å². The molecule has 0 spiro atoms. The van der Waals surface area contributed by atoms with Gasteiger partial charge in [-0.2, -0.15) is 0 Å². The molecule has 1 saturated carbocycles. The zero-order valence-corrected chi connectivity index (χ0v) is 7.75. The van der Waals surface area contributed by atoms with Crippen molar-refractivity contribution in [3.8, 4) is 0 Å². The Bertz CT molecular complexity index is 200. The Morgan fingerprint density at radius 1 is 1.33 bits per heavy atom. The third-order valence-electron chi connectivity index (χ3n) is 3.39. The lowest BCUT2D eigenvalue weighted by Gasteiger charge is -2.28. The highest BCUT2D eigenvalue weighted by Crippen LogP contribution is 2.40. The fourth-order valence-corrected chi connectivity index (χ4v) is 2.49. The van der Waals surface area contributed by atoms with Crippen molar-refractivity contribution in [1.82, 2.24) is 0 Å². The minimum Gasteiger partial charge on any atom is -0.462 e. The summed E-state index contributed by atoms with van der Waals surface area (Å²) in [5.41, 5.74) is 0. The molecule has 1 heterocycles. The number of ether oxygens (including phenoxy) is 1. The summed E-state index contributed by atoms with van der Waals surface area (Å²) in [5, 5.41) is 0. The van der Waals surface area contributed by atoms with Gasteiger partial charge in [-0.25, -0.2) is 0 Å². The first-order valence-electron chi connectivity index (χ1n) is 4.89. The molecule has 0 aromatic heterocycles. The Kier molecular flexibility index (Phi) is 1.85. The van der Waals surface area contributed by atoms with E-state index in [0.717, 1.165) is 12.3 Å². The molecule has 2 nitrogen and oxygen atoms in total. The van der Waals surface area contributed by atoms with Crippen molar-refractivity contribution in [2.75, 3.05) is 0 Å². The van der Waals surface area contributed by atoms with Gasteiger partial charge in [-0.15, -0.1) is 0 Å². The van der Waals surface area contributed by atoms with Crippen LogP contribution in [0.2, 0.25) is 0 Å². The summed E-state index contributed by atoms with van der Waals surface area (Å²) in [5.74, 6) is 1.44. The third-order valence-corrected chi connectivity index (χ3v) is 3.39. The highest BCUT2D eigenvalue weighted by atomic mass is 16.6. The van der Waals surface area contributed by atoms with Crippen LogP contribution < -0.4 is 0 Å². The van der Waals surface area contributed by atoms with E-state index in [-0.39, 0.29) is 18.0 Å². The van der Waals surface area contributed by atoms with Crippen LogP contribution in [0.4, 0.5) is 0 Å². The van der Waals surface area contributed by atoms with Gasteiger partial charge in [0.15, 0.2) is 0 Å². The fraction of sp³-hybridized carbons (Fsp3) is 0.900. The average Bonchev–Trinajstić information content (AvgIpc) is 2.28. The second-order valence-corrected chi connectivity index (χ2v) is 4.35. The Balaban J connectivity index is 2.09. The second-order valence-electron chi connectivity index (χ2n) is 4.35.